The molecule has 15 heavy (non-hydrogen) atoms. The minimum absolute atomic E-state index is 0.169. The molecule has 1 aromatic heterocycles. The van der Waals surface area contributed by atoms with E-state index in [1.807, 2.05) is 0 Å². The first kappa shape index (κ1) is 11.0. The zero-order chi connectivity index (χ0) is 11.1. The maximum atomic E-state index is 10.3. The lowest BCUT2D eigenvalue weighted by atomic mass is 10.5. The van der Waals surface area contributed by atoms with Gasteiger partial charge in [-0.3, -0.25) is 4.79 Å². The molecule has 6 nitrogen and oxygen atoms in total. The van der Waals surface area contributed by atoms with Crippen molar-refractivity contribution in [2.45, 2.75) is 0 Å². The van der Waals surface area contributed by atoms with Crippen LogP contribution in [0.4, 0.5) is 11.6 Å². The Morgan fingerprint density at radius 1 is 1.47 bits per heavy atom. The van der Waals surface area contributed by atoms with E-state index in [0.717, 1.165) is 0 Å². The normalized spacial score (nSPS) is 9.33. The van der Waals surface area contributed by atoms with Crippen molar-refractivity contribution in [3.05, 3.63) is 25.0 Å². The molecular formula is C9H12N4O2. The summed E-state index contributed by atoms with van der Waals surface area (Å²) in [6.45, 7) is 3.98. The van der Waals surface area contributed by atoms with Crippen molar-refractivity contribution in [2.24, 2.45) is 0 Å². The van der Waals surface area contributed by atoms with Crippen molar-refractivity contribution in [2.75, 3.05) is 23.7 Å². The van der Waals surface area contributed by atoms with E-state index < -0.39 is 5.97 Å². The van der Waals surface area contributed by atoms with Crippen molar-refractivity contribution >= 4 is 17.6 Å². The predicted molar refractivity (Wildman–Crippen MR) is 56.8 cm³/mol. The minimum atomic E-state index is -0.936. The van der Waals surface area contributed by atoms with Gasteiger partial charge in [-0.15, -0.1) is 6.58 Å². The molecule has 1 rings (SSSR count). The molecule has 1 heterocycles. The highest BCUT2D eigenvalue weighted by Gasteiger charge is 1.99. The summed E-state index contributed by atoms with van der Waals surface area (Å²) in [5.41, 5.74) is 0. The van der Waals surface area contributed by atoms with Crippen molar-refractivity contribution in [1.29, 1.82) is 0 Å². The van der Waals surface area contributed by atoms with Gasteiger partial charge in [-0.2, -0.15) is 0 Å². The highest BCUT2D eigenvalue weighted by molar-refractivity contribution is 5.72. The average Bonchev–Trinajstić information content (AvgIpc) is 2.24. The maximum Gasteiger partial charge on any atom is 0.322 e. The lowest BCUT2D eigenvalue weighted by Crippen LogP contribution is -2.13. The zero-order valence-electron chi connectivity index (χ0n) is 8.10. The highest BCUT2D eigenvalue weighted by Crippen LogP contribution is 2.07. The van der Waals surface area contributed by atoms with Crippen LogP contribution in [0.2, 0.25) is 0 Å². The molecular weight excluding hydrogens is 196 g/mol. The van der Waals surface area contributed by atoms with Crippen LogP contribution < -0.4 is 10.6 Å². The molecule has 0 amide bonds. The summed E-state index contributed by atoms with van der Waals surface area (Å²) >= 11 is 0. The summed E-state index contributed by atoms with van der Waals surface area (Å²) < 4.78 is 0. The molecule has 0 atom stereocenters. The molecule has 80 valence electrons. The summed E-state index contributed by atoms with van der Waals surface area (Å²) in [6.07, 6.45) is 3.06. The van der Waals surface area contributed by atoms with Crippen LogP contribution in [0.1, 0.15) is 0 Å². The Kier molecular flexibility index (Phi) is 4.08. The van der Waals surface area contributed by atoms with Gasteiger partial charge < -0.3 is 15.7 Å². The van der Waals surface area contributed by atoms with Gasteiger partial charge in [0, 0.05) is 12.6 Å². The fourth-order valence-electron chi connectivity index (χ4n) is 0.894. The molecule has 6 heteroatoms. The minimum Gasteiger partial charge on any atom is -0.480 e. The molecule has 0 unspecified atom stereocenters. The third-order valence-corrected chi connectivity index (χ3v) is 1.52. The van der Waals surface area contributed by atoms with E-state index in [9.17, 15) is 4.79 Å². The number of rotatable bonds is 6. The molecule has 0 aliphatic heterocycles. The van der Waals surface area contributed by atoms with Crippen LogP contribution in [-0.2, 0) is 4.79 Å². The summed E-state index contributed by atoms with van der Waals surface area (Å²) in [5.74, 6) is 0.158. The highest BCUT2D eigenvalue weighted by atomic mass is 16.4. The van der Waals surface area contributed by atoms with Crippen LogP contribution in [0, 0.1) is 0 Å². The van der Waals surface area contributed by atoms with Gasteiger partial charge in [-0.05, 0) is 0 Å². The van der Waals surface area contributed by atoms with Gasteiger partial charge >= 0.3 is 5.97 Å². The first-order chi connectivity index (χ1) is 7.22. The van der Waals surface area contributed by atoms with Crippen LogP contribution in [-0.4, -0.2) is 34.1 Å². The number of nitrogens with one attached hydrogen (secondary N) is 2. The van der Waals surface area contributed by atoms with Crippen molar-refractivity contribution < 1.29 is 9.90 Å². The van der Waals surface area contributed by atoms with Gasteiger partial charge in [0.15, 0.2) is 0 Å². The number of hydrogen-bond acceptors (Lipinski definition) is 5. The van der Waals surface area contributed by atoms with Crippen LogP contribution in [0.25, 0.3) is 0 Å². The second kappa shape index (κ2) is 5.58. The third-order valence-electron chi connectivity index (χ3n) is 1.52. The van der Waals surface area contributed by atoms with Gasteiger partial charge in [0.05, 0.1) is 0 Å². The van der Waals surface area contributed by atoms with Crippen molar-refractivity contribution in [3.8, 4) is 0 Å². The van der Waals surface area contributed by atoms with E-state index in [2.05, 4.69) is 27.2 Å². The van der Waals surface area contributed by atoms with Crippen LogP contribution in [0.5, 0.6) is 0 Å². The second-order valence-corrected chi connectivity index (χ2v) is 2.71. The molecule has 3 N–H and O–H groups in total. The number of nitrogens with zero attached hydrogens (tertiary/aromatic N) is 2. The molecule has 0 bridgehead atoms. The Morgan fingerprint density at radius 2 is 2.13 bits per heavy atom. The Balaban J connectivity index is 2.57. The number of anilines is 2. The van der Waals surface area contributed by atoms with Gasteiger partial charge in [-0.1, -0.05) is 6.08 Å². The Hall–Kier alpha value is -2.11. The molecule has 0 aromatic carbocycles. The number of hydrogen-bond donors (Lipinski definition) is 3. The number of carboxylic acids is 1. The van der Waals surface area contributed by atoms with Gasteiger partial charge in [-0.25, -0.2) is 9.97 Å². The third kappa shape index (κ3) is 4.08. The van der Waals surface area contributed by atoms with E-state index in [4.69, 9.17) is 5.11 Å². The summed E-state index contributed by atoms with van der Waals surface area (Å²) in [6, 6.07) is 1.63. The number of aromatic nitrogens is 2. The van der Waals surface area contributed by atoms with Crippen LogP contribution >= 0.6 is 0 Å². The SMILES string of the molecule is C=CCNc1cc(NCC(=O)O)ncn1. The van der Waals surface area contributed by atoms with E-state index >= 15 is 0 Å². The average molecular weight is 208 g/mol. The van der Waals surface area contributed by atoms with E-state index in [0.29, 0.717) is 18.2 Å². The fourth-order valence-corrected chi connectivity index (χ4v) is 0.894. The maximum absolute atomic E-state index is 10.3. The molecule has 0 saturated carbocycles. The number of aliphatic carboxylic acids is 1. The molecule has 0 fully saturated rings. The van der Waals surface area contributed by atoms with E-state index in [1.165, 1.54) is 6.33 Å². The van der Waals surface area contributed by atoms with Gasteiger partial charge in [0.25, 0.3) is 0 Å². The number of carbonyl (C=O) groups is 1. The Labute approximate surface area is 87.1 Å². The fraction of sp³-hybridized carbons (Fsp3) is 0.222. The Bertz CT molecular complexity index is 354. The largest absolute Gasteiger partial charge is 0.480 e. The molecule has 0 aliphatic rings. The topological polar surface area (TPSA) is 87.1 Å². The van der Waals surface area contributed by atoms with E-state index in [1.54, 1.807) is 12.1 Å². The first-order valence-electron chi connectivity index (χ1n) is 4.35. The lowest BCUT2D eigenvalue weighted by molar-refractivity contribution is -0.134. The van der Waals surface area contributed by atoms with E-state index in [-0.39, 0.29) is 6.54 Å². The predicted octanol–water partition coefficient (Wildman–Crippen LogP) is 0.571. The van der Waals surface area contributed by atoms with Gasteiger partial charge in [0.1, 0.15) is 24.5 Å². The zero-order valence-corrected chi connectivity index (χ0v) is 8.10. The molecule has 1 aromatic rings. The molecule has 0 saturated heterocycles. The van der Waals surface area contributed by atoms with Gasteiger partial charge in [0.2, 0.25) is 0 Å². The molecule has 0 spiro atoms. The number of carboxylic acid groups (broad SMARTS) is 1. The van der Waals surface area contributed by atoms with Crippen molar-refractivity contribution in [3.63, 3.8) is 0 Å². The first-order valence-corrected chi connectivity index (χ1v) is 4.35. The summed E-state index contributed by atoms with van der Waals surface area (Å²) in [7, 11) is 0. The molecule has 0 aliphatic carbocycles. The Morgan fingerprint density at radius 3 is 2.73 bits per heavy atom. The summed E-state index contributed by atoms with van der Waals surface area (Å²) in [4.78, 5) is 18.1. The smallest absolute Gasteiger partial charge is 0.322 e. The summed E-state index contributed by atoms with van der Waals surface area (Å²) in [5, 5.41) is 14.1. The second-order valence-electron chi connectivity index (χ2n) is 2.71. The standard InChI is InChI=1S/C9H12N4O2/c1-2-3-10-7-4-8(13-6-12-7)11-5-9(14)15/h2,4,6H,1,3,5H2,(H,14,15)(H2,10,11,12,13). The molecule has 0 radical (unpaired) electrons. The van der Waals surface area contributed by atoms with Crippen LogP contribution in [0.3, 0.4) is 0 Å². The lowest BCUT2D eigenvalue weighted by Gasteiger charge is -2.05. The monoisotopic (exact) mass is 208 g/mol. The van der Waals surface area contributed by atoms with Crippen LogP contribution in [0.15, 0.2) is 25.0 Å². The van der Waals surface area contributed by atoms with Crippen molar-refractivity contribution in [1.82, 2.24) is 9.97 Å². The quantitative estimate of drug-likeness (QED) is 0.592.